The summed E-state index contributed by atoms with van der Waals surface area (Å²) >= 11 is 0. The zero-order valence-electron chi connectivity index (χ0n) is 9.77. The third kappa shape index (κ3) is 2.25. The number of cyclic esters (lactones) is 1. The van der Waals surface area contributed by atoms with Gasteiger partial charge in [0.15, 0.2) is 0 Å². The molecule has 1 heterocycles. The lowest BCUT2D eigenvalue weighted by Gasteiger charge is -2.13. The molecule has 1 aliphatic heterocycles. The Hall–Kier alpha value is -1.35. The van der Waals surface area contributed by atoms with Crippen LogP contribution in [0.1, 0.15) is 34.9 Å². The monoisotopic (exact) mass is 219 g/mol. The molecule has 3 nitrogen and oxygen atoms in total. The van der Waals surface area contributed by atoms with Gasteiger partial charge in [0.05, 0.1) is 5.56 Å². The van der Waals surface area contributed by atoms with Crippen LogP contribution >= 0.6 is 0 Å². The first-order chi connectivity index (χ1) is 7.68. The summed E-state index contributed by atoms with van der Waals surface area (Å²) in [6, 6.07) is 7.66. The van der Waals surface area contributed by atoms with Gasteiger partial charge in [-0.1, -0.05) is 18.2 Å². The highest BCUT2D eigenvalue weighted by Crippen LogP contribution is 2.33. The standard InChI is InChI=1S/C13H17NO2/c1-14(2)9-5-8-12-10-6-3-4-7-11(10)13(15)16-12/h3-4,6-7,12H,5,8-9H2,1-2H3/t12-/m0/s1. The Morgan fingerprint density at radius 2 is 2.06 bits per heavy atom. The van der Waals surface area contributed by atoms with E-state index in [0.717, 1.165) is 30.5 Å². The van der Waals surface area contributed by atoms with E-state index < -0.39 is 0 Å². The second-order valence-electron chi connectivity index (χ2n) is 4.43. The molecule has 0 fully saturated rings. The molecule has 0 aliphatic carbocycles. The summed E-state index contributed by atoms with van der Waals surface area (Å²) in [5, 5.41) is 0. The summed E-state index contributed by atoms with van der Waals surface area (Å²) in [5.41, 5.74) is 1.78. The molecule has 1 atom stereocenters. The summed E-state index contributed by atoms with van der Waals surface area (Å²) in [4.78, 5) is 13.7. The van der Waals surface area contributed by atoms with E-state index in [1.165, 1.54) is 0 Å². The Balaban J connectivity index is 2.01. The molecular formula is C13H17NO2. The van der Waals surface area contributed by atoms with E-state index >= 15 is 0 Å². The van der Waals surface area contributed by atoms with Crippen LogP contribution < -0.4 is 0 Å². The maximum Gasteiger partial charge on any atom is 0.339 e. The first kappa shape index (κ1) is 11.1. The highest BCUT2D eigenvalue weighted by Gasteiger charge is 2.29. The van der Waals surface area contributed by atoms with Crippen molar-refractivity contribution in [1.29, 1.82) is 0 Å². The third-order valence-corrected chi connectivity index (χ3v) is 2.85. The van der Waals surface area contributed by atoms with Crippen LogP contribution in [-0.2, 0) is 4.74 Å². The number of benzene rings is 1. The molecule has 0 saturated heterocycles. The highest BCUT2D eigenvalue weighted by molar-refractivity contribution is 5.93. The quantitative estimate of drug-likeness (QED) is 0.727. The topological polar surface area (TPSA) is 29.5 Å². The average molecular weight is 219 g/mol. The zero-order chi connectivity index (χ0) is 11.5. The number of hydrogen-bond acceptors (Lipinski definition) is 3. The van der Waals surface area contributed by atoms with E-state index in [0.29, 0.717) is 0 Å². The van der Waals surface area contributed by atoms with Gasteiger partial charge >= 0.3 is 5.97 Å². The van der Waals surface area contributed by atoms with E-state index in [2.05, 4.69) is 19.0 Å². The molecule has 3 heteroatoms. The van der Waals surface area contributed by atoms with Crippen molar-refractivity contribution in [3.05, 3.63) is 35.4 Å². The van der Waals surface area contributed by atoms with Crippen molar-refractivity contribution < 1.29 is 9.53 Å². The van der Waals surface area contributed by atoms with Gasteiger partial charge in [-0.15, -0.1) is 0 Å². The highest BCUT2D eigenvalue weighted by atomic mass is 16.5. The second-order valence-corrected chi connectivity index (χ2v) is 4.43. The van der Waals surface area contributed by atoms with Crippen LogP contribution in [0.3, 0.4) is 0 Å². The minimum Gasteiger partial charge on any atom is -0.454 e. The predicted octanol–water partition coefficient (Wildman–Crippen LogP) is 2.24. The van der Waals surface area contributed by atoms with Crippen molar-refractivity contribution in [1.82, 2.24) is 4.90 Å². The van der Waals surface area contributed by atoms with Crippen LogP contribution in [0.25, 0.3) is 0 Å². The normalized spacial score (nSPS) is 18.7. The molecular weight excluding hydrogens is 202 g/mol. The van der Waals surface area contributed by atoms with Crippen molar-refractivity contribution in [2.24, 2.45) is 0 Å². The van der Waals surface area contributed by atoms with E-state index in [9.17, 15) is 4.79 Å². The van der Waals surface area contributed by atoms with Gasteiger partial charge in [0.2, 0.25) is 0 Å². The molecule has 0 aromatic heterocycles. The molecule has 0 spiro atoms. The SMILES string of the molecule is CN(C)CCC[C@@H]1OC(=O)c2ccccc21. The maximum absolute atomic E-state index is 11.5. The molecule has 16 heavy (non-hydrogen) atoms. The fourth-order valence-electron chi connectivity index (χ4n) is 2.03. The molecule has 1 aromatic rings. The van der Waals surface area contributed by atoms with Gasteiger partial charge in [-0.3, -0.25) is 0 Å². The van der Waals surface area contributed by atoms with Crippen molar-refractivity contribution >= 4 is 5.97 Å². The second kappa shape index (κ2) is 4.66. The zero-order valence-corrected chi connectivity index (χ0v) is 9.77. The molecule has 1 aromatic carbocycles. The molecule has 2 rings (SSSR count). The van der Waals surface area contributed by atoms with Crippen molar-refractivity contribution in [3.8, 4) is 0 Å². The van der Waals surface area contributed by atoms with Crippen LogP contribution in [0.5, 0.6) is 0 Å². The van der Waals surface area contributed by atoms with Crippen LogP contribution in [-0.4, -0.2) is 31.5 Å². The van der Waals surface area contributed by atoms with Gasteiger partial charge in [-0.05, 0) is 39.5 Å². The van der Waals surface area contributed by atoms with E-state index in [-0.39, 0.29) is 12.1 Å². The first-order valence-electron chi connectivity index (χ1n) is 5.63. The van der Waals surface area contributed by atoms with Crippen molar-refractivity contribution in [2.75, 3.05) is 20.6 Å². The number of carbonyl (C=O) groups is 1. The van der Waals surface area contributed by atoms with E-state index in [4.69, 9.17) is 4.74 Å². The van der Waals surface area contributed by atoms with Gasteiger partial charge in [-0.2, -0.15) is 0 Å². The Labute approximate surface area is 96.0 Å². The lowest BCUT2D eigenvalue weighted by Crippen LogP contribution is -2.14. The summed E-state index contributed by atoms with van der Waals surface area (Å²) in [6.45, 7) is 1.02. The Morgan fingerprint density at radius 3 is 2.81 bits per heavy atom. The average Bonchev–Trinajstić information content (AvgIpc) is 2.57. The fourth-order valence-corrected chi connectivity index (χ4v) is 2.03. The summed E-state index contributed by atoms with van der Waals surface area (Å²) in [7, 11) is 4.10. The summed E-state index contributed by atoms with van der Waals surface area (Å²) in [6.07, 6.45) is 1.91. The van der Waals surface area contributed by atoms with Gasteiger partial charge in [0.25, 0.3) is 0 Å². The molecule has 0 radical (unpaired) electrons. The minimum atomic E-state index is -0.176. The van der Waals surface area contributed by atoms with Gasteiger partial charge in [0, 0.05) is 5.56 Å². The maximum atomic E-state index is 11.5. The Morgan fingerprint density at radius 1 is 1.31 bits per heavy atom. The number of esters is 1. The largest absolute Gasteiger partial charge is 0.454 e. The van der Waals surface area contributed by atoms with Crippen molar-refractivity contribution in [2.45, 2.75) is 18.9 Å². The lowest BCUT2D eigenvalue weighted by atomic mass is 10.0. The van der Waals surface area contributed by atoms with Crippen LogP contribution in [0.15, 0.2) is 24.3 Å². The van der Waals surface area contributed by atoms with Gasteiger partial charge in [-0.25, -0.2) is 4.79 Å². The lowest BCUT2D eigenvalue weighted by molar-refractivity contribution is 0.0361. The number of hydrogen-bond donors (Lipinski definition) is 0. The molecule has 0 amide bonds. The number of ether oxygens (including phenoxy) is 1. The number of carbonyl (C=O) groups excluding carboxylic acids is 1. The predicted molar refractivity (Wildman–Crippen MR) is 62.4 cm³/mol. The minimum absolute atomic E-state index is 0.0383. The fraction of sp³-hybridized carbons (Fsp3) is 0.462. The summed E-state index contributed by atoms with van der Waals surface area (Å²) in [5.74, 6) is -0.176. The molecule has 0 N–H and O–H groups in total. The molecule has 0 bridgehead atoms. The molecule has 86 valence electrons. The third-order valence-electron chi connectivity index (χ3n) is 2.85. The Bertz CT molecular complexity index is 387. The van der Waals surface area contributed by atoms with Crippen LogP contribution in [0, 0.1) is 0 Å². The van der Waals surface area contributed by atoms with Crippen LogP contribution in [0.2, 0.25) is 0 Å². The first-order valence-corrected chi connectivity index (χ1v) is 5.63. The number of nitrogens with zero attached hydrogens (tertiary/aromatic N) is 1. The van der Waals surface area contributed by atoms with Gasteiger partial charge in [0.1, 0.15) is 6.10 Å². The number of rotatable bonds is 4. The van der Waals surface area contributed by atoms with Gasteiger partial charge < -0.3 is 9.64 Å². The smallest absolute Gasteiger partial charge is 0.339 e. The van der Waals surface area contributed by atoms with E-state index in [1.807, 2.05) is 24.3 Å². The van der Waals surface area contributed by atoms with E-state index in [1.54, 1.807) is 0 Å². The molecule has 1 aliphatic rings. The summed E-state index contributed by atoms with van der Waals surface area (Å²) < 4.78 is 5.36. The molecule has 0 unspecified atom stereocenters. The number of fused-ring (bicyclic) bond motifs is 1. The van der Waals surface area contributed by atoms with Crippen molar-refractivity contribution in [3.63, 3.8) is 0 Å². The van der Waals surface area contributed by atoms with Crippen LogP contribution in [0.4, 0.5) is 0 Å². The Kier molecular flexibility index (Phi) is 3.25. The molecule has 0 saturated carbocycles.